The van der Waals surface area contributed by atoms with E-state index in [2.05, 4.69) is 80.7 Å². The van der Waals surface area contributed by atoms with Gasteiger partial charge < -0.3 is 4.74 Å². The maximum Gasteiger partial charge on any atom is 0.119 e. The van der Waals surface area contributed by atoms with E-state index in [1.54, 1.807) is 0 Å². The average Bonchev–Trinajstić information content (AvgIpc) is 2.95. The molecule has 3 aromatic rings. The first-order chi connectivity index (χ1) is 18.3. The van der Waals surface area contributed by atoms with Crippen molar-refractivity contribution >= 4 is 0 Å². The number of hydrogen-bond donors (Lipinski definition) is 0. The molecule has 0 unspecified atom stereocenters. The van der Waals surface area contributed by atoms with Gasteiger partial charge in [-0.1, -0.05) is 133 Å². The molecule has 0 atom stereocenters. The van der Waals surface area contributed by atoms with Gasteiger partial charge in [0.15, 0.2) is 0 Å². The van der Waals surface area contributed by atoms with Gasteiger partial charge in [0.05, 0.1) is 12.3 Å². The van der Waals surface area contributed by atoms with Crippen molar-refractivity contribution in [3.63, 3.8) is 0 Å². The minimum atomic E-state index is 0.812. The van der Waals surface area contributed by atoms with Gasteiger partial charge in [0.1, 0.15) is 5.75 Å². The number of aryl methyl sites for hydroxylation is 1. The van der Waals surface area contributed by atoms with Crippen molar-refractivity contribution in [1.29, 1.82) is 0 Å². The van der Waals surface area contributed by atoms with Crippen molar-refractivity contribution in [2.45, 2.75) is 110 Å². The van der Waals surface area contributed by atoms with E-state index in [4.69, 9.17) is 9.72 Å². The van der Waals surface area contributed by atoms with Gasteiger partial charge in [-0.25, -0.2) is 0 Å². The number of hydrogen-bond acceptors (Lipinski definition) is 2. The monoisotopic (exact) mass is 499 g/mol. The first-order valence-electron chi connectivity index (χ1n) is 15.1. The maximum atomic E-state index is 5.95. The molecule has 0 aliphatic rings. The molecular formula is C35H49NO. The summed E-state index contributed by atoms with van der Waals surface area (Å²) in [6.45, 7) is 5.35. The minimum Gasteiger partial charge on any atom is -0.494 e. The standard InChI is InChI=1S/C35H49NO/c1-3-5-7-9-11-13-15-17-30-18-27-35(36-29-30)33-21-19-31(20-22-33)32-23-25-34(26-24-32)37-28-16-14-12-10-8-6-4-2/h18-27,29H,3-17,28H2,1-2H3. The van der Waals surface area contributed by atoms with Crippen LogP contribution in [0.4, 0.5) is 0 Å². The zero-order valence-corrected chi connectivity index (χ0v) is 23.5. The third kappa shape index (κ3) is 11.1. The fraction of sp³-hybridized carbons (Fsp3) is 0.514. The van der Waals surface area contributed by atoms with Crippen molar-refractivity contribution < 1.29 is 4.74 Å². The van der Waals surface area contributed by atoms with Gasteiger partial charge in [0.25, 0.3) is 0 Å². The zero-order chi connectivity index (χ0) is 26.0. The SMILES string of the molecule is CCCCCCCCCOc1ccc(-c2ccc(-c3ccc(CCCCCCCCC)cn3)cc2)cc1. The molecule has 2 heteroatoms. The number of rotatable bonds is 19. The summed E-state index contributed by atoms with van der Waals surface area (Å²) in [5.74, 6) is 0.965. The highest BCUT2D eigenvalue weighted by Crippen LogP contribution is 2.26. The lowest BCUT2D eigenvalue weighted by Gasteiger charge is -2.09. The predicted octanol–water partition coefficient (Wildman–Crippen LogP) is 10.8. The van der Waals surface area contributed by atoms with Gasteiger partial charge in [0.2, 0.25) is 0 Å². The molecule has 2 nitrogen and oxygen atoms in total. The Hall–Kier alpha value is -2.61. The fourth-order valence-corrected chi connectivity index (χ4v) is 4.86. The van der Waals surface area contributed by atoms with Gasteiger partial charge in [-0.15, -0.1) is 0 Å². The molecule has 0 saturated heterocycles. The maximum absolute atomic E-state index is 5.95. The molecule has 1 aromatic heterocycles. The molecule has 0 amide bonds. The van der Waals surface area contributed by atoms with Crippen LogP contribution in [-0.2, 0) is 6.42 Å². The van der Waals surface area contributed by atoms with Gasteiger partial charge in [-0.2, -0.15) is 0 Å². The molecule has 3 rings (SSSR count). The number of pyridine rings is 1. The molecule has 0 fully saturated rings. The van der Waals surface area contributed by atoms with E-state index < -0.39 is 0 Å². The highest BCUT2D eigenvalue weighted by molar-refractivity contribution is 5.69. The first kappa shape index (κ1) is 29.0. The average molecular weight is 500 g/mol. The molecular weight excluding hydrogens is 450 g/mol. The van der Waals surface area contributed by atoms with E-state index in [0.717, 1.165) is 30.9 Å². The van der Waals surface area contributed by atoms with Crippen LogP contribution >= 0.6 is 0 Å². The molecule has 37 heavy (non-hydrogen) atoms. The van der Waals surface area contributed by atoms with Crippen LogP contribution in [0.1, 0.15) is 109 Å². The molecule has 0 N–H and O–H groups in total. The molecule has 0 bridgehead atoms. The highest BCUT2D eigenvalue weighted by atomic mass is 16.5. The van der Waals surface area contributed by atoms with Crippen LogP contribution < -0.4 is 4.74 Å². The van der Waals surface area contributed by atoms with E-state index in [9.17, 15) is 0 Å². The third-order valence-corrected chi connectivity index (χ3v) is 7.28. The summed E-state index contributed by atoms with van der Waals surface area (Å²) >= 11 is 0. The third-order valence-electron chi connectivity index (χ3n) is 7.28. The van der Waals surface area contributed by atoms with Gasteiger partial charge >= 0.3 is 0 Å². The Morgan fingerprint density at radius 2 is 1.03 bits per heavy atom. The van der Waals surface area contributed by atoms with Crippen LogP contribution in [-0.4, -0.2) is 11.6 Å². The Morgan fingerprint density at radius 1 is 0.514 bits per heavy atom. The summed E-state index contributed by atoms with van der Waals surface area (Å²) in [6.07, 6.45) is 21.8. The fourth-order valence-electron chi connectivity index (χ4n) is 4.86. The summed E-state index contributed by atoms with van der Waals surface area (Å²) in [4.78, 5) is 4.75. The second-order valence-electron chi connectivity index (χ2n) is 10.5. The van der Waals surface area contributed by atoms with Gasteiger partial charge in [-0.3, -0.25) is 4.98 Å². The Kier molecular flexibility index (Phi) is 13.9. The summed E-state index contributed by atoms with van der Waals surface area (Å²) in [6, 6.07) is 21.7. The molecule has 1 heterocycles. The van der Waals surface area contributed by atoms with Gasteiger partial charge in [-0.05, 0) is 54.2 Å². The lowest BCUT2D eigenvalue weighted by Crippen LogP contribution is -1.97. The molecule has 0 aliphatic heterocycles. The van der Waals surface area contributed by atoms with Crippen LogP contribution in [0.25, 0.3) is 22.4 Å². The van der Waals surface area contributed by atoms with E-state index in [1.165, 1.54) is 106 Å². The van der Waals surface area contributed by atoms with Crippen LogP contribution in [0.3, 0.4) is 0 Å². The van der Waals surface area contributed by atoms with Crippen LogP contribution in [0.2, 0.25) is 0 Å². The quantitative estimate of drug-likeness (QED) is 0.153. The Morgan fingerprint density at radius 3 is 1.59 bits per heavy atom. The Balaban J connectivity index is 1.39. The van der Waals surface area contributed by atoms with Crippen LogP contribution in [0.15, 0.2) is 66.9 Å². The minimum absolute atomic E-state index is 0.812. The molecule has 0 radical (unpaired) electrons. The second-order valence-corrected chi connectivity index (χ2v) is 10.5. The predicted molar refractivity (Wildman–Crippen MR) is 160 cm³/mol. The van der Waals surface area contributed by atoms with E-state index in [1.807, 2.05) is 0 Å². The normalized spacial score (nSPS) is 11.1. The smallest absolute Gasteiger partial charge is 0.119 e. The Labute approximate surface area is 226 Å². The molecule has 200 valence electrons. The number of nitrogens with zero attached hydrogens (tertiary/aromatic N) is 1. The lowest BCUT2D eigenvalue weighted by molar-refractivity contribution is 0.304. The summed E-state index contributed by atoms with van der Waals surface area (Å²) in [5.41, 5.74) is 6.00. The molecule has 2 aromatic carbocycles. The van der Waals surface area contributed by atoms with E-state index in [-0.39, 0.29) is 0 Å². The molecule has 0 aliphatic carbocycles. The number of aromatic nitrogens is 1. The summed E-state index contributed by atoms with van der Waals surface area (Å²) < 4.78 is 5.95. The first-order valence-corrected chi connectivity index (χ1v) is 15.1. The van der Waals surface area contributed by atoms with Crippen LogP contribution in [0, 0.1) is 0 Å². The number of unbranched alkanes of at least 4 members (excludes halogenated alkanes) is 12. The largest absolute Gasteiger partial charge is 0.494 e. The van der Waals surface area contributed by atoms with Crippen molar-refractivity contribution in [2.75, 3.05) is 6.61 Å². The highest BCUT2D eigenvalue weighted by Gasteiger charge is 2.04. The molecule has 0 saturated carbocycles. The van der Waals surface area contributed by atoms with Crippen molar-refractivity contribution in [3.05, 3.63) is 72.4 Å². The van der Waals surface area contributed by atoms with Crippen molar-refractivity contribution in [1.82, 2.24) is 4.98 Å². The summed E-state index contributed by atoms with van der Waals surface area (Å²) in [5, 5.41) is 0. The zero-order valence-electron chi connectivity index (χ0n) is 23.5. The van der Waals surface area contributed by atoms with Crippen LogP contribution in [0.5, 0.6) is 5.75 Å². The summed E-state index contributed by atoms with van der Waals surface area (Å²) in [7, 11) is 0. The van der Waals surface area contributed by atoms with Crippen molar-refractivity contribution in [2.24, 2.45) is 0 Å². The lowest BCUT2D eigenvalue weighted by atomic mass is 10.0. The van der Waals surface area contributed by atoms with Crippen molar-refractivity contribution in [3.8, 4) is 28.1 Å². The Bertz CT molecular complexity index is 960. The molecule has 0 spiro atoms. The van der Waals surface area contributed by atoms with E-state index in [0.29, 0.717) is 0 Å². The number of ether oxygens (including phenoxy) is 1. The topological polar surface area (TPSA) is 22.1 Å². The van der Waals surface area contributed by atoms with E-state index >= 15 is 0 Å². The second kappa shape index (κ2) is 17.8. The van der Waals surface area contributed by atoms with Gasteiger partial charge in [0, 0.05) is 11.8 Å². The number of benzene rings is 2.